The number of thiophene rings is 1. The van der Waals surface area contributed by atoms with Crippen LogP contribution in [0.4, 0.5) is 5.69 Å². The van der Waals surface area contributed by atoms with E-state index in [2.05, 4.69) is 26.0 Å². The Morgan fingerprint density at radius 2 is 1.92 bits per heavy atom. The molecule has 0 spiro atoms. The number of hydrogen-bond donors (Lipinski definition) is 3. The van der Waals surface area contributed by atoms with Crippen molar-refractivity contribution in [1.82, 2.24) is 5.32 Å². The number of hydrogen-bond acceptors (Lipinski definition) is 5. The molecule has 0 saturated heterocycles. The average molecular weight is 433 g/mol. The van der Waals surface area contributed by atoms with Crippen LogP contribution in [0.5, 0.6) is 0 Å². The summed E-state index contributed by atoms with van der Waals surface area (Å²) in [5.74, 6) is -0.313. The normalized spacial score (nSPS) is 12.6. The third-order valence-electron chi connectivity index (χ3n) is 3.26. The molecule has 2 aromatic rings. The second kappa shape index (κ2) is 8.11. The molecule has 0 aliphatic carbocycles. The van der Waals surface area contributed by atoms with E-state index in [-0.39, 0.29) is 22.8 Å². The monoisotopic (exact) mass is 432 g/mol. The first-order valence-corrected chi connectivity index (χ1v) is 10.2. The molecular formula is C15H17BrN2O4S2. The Morgan fingerprint density at radius 1 is 1.25 bits per heavy atom. The zero-order valence-corrected chi connectivity index (χ0v) is 16.0. The highest BCUT2D eigenvalue weighted by molar-refractivity contribution is 9.11. The molecule has 24 heavy (non-hydrogen) atoms. The van der Waals surface area contributed by atoms with Crippen LogP contribution in [-0.4, -0.2) is 32.1 Å². The predicted molar refractivity (Wildman–Crippen MR) is 97.9 cm³/mol. The van der Waals surface area contributed by atoms with Crippen LogP contribution in [0.1, 0.15) is 23.7 Å². The predicted octanol–water partition coefficient (Wildman–Crippen LogP) is 2.81. The Labute approximate surface area is 153 Å². The molecule has 1 heterocycles. The average Bonchev–Trinajstić information content (AvgIpc) is 3.00. The standard InChI is InChI=1S/C15H17BrN2O4S2/c1-2-11(9-19)17-15(20)10-3-5-12(6-4-10)18-24(21,22)14-8-7-13(16)23-14/h3-8,11,18-19H,2,9H2,1H3,(H,17,20). The zero-order valence-electron chi connectivity index (χ0n) is 12.8. The molecular weight excluding hydrogens is 416 g/mol. The molecule has 0 fully saturated rings. The fraction of sp³-hybridized carbons (Fsp3) is 0.267. The molecule has 1 amide bonds. The molecule has 2 rings (SSSR count). The van der Waals surface area contributed by atoms with Gasteiger partial charge in [0.25, 0.3) is 15.9 Å². The van der Waals surface area contributed by atoms with Crippen molar-refractivity contribution in [1.29, 1.82) is 0 Å². The number of carbonyl (C=O) groups excluding carboxylic acids is 1. The lowest BCUT2D eigenvalue weighted by molar-refractivity contribution is 0.0915. The fourth-order valence-corrected chi connectivity index (χ4v) is 4.95. The minimum atomic E-state index is -3.65. The molecule has 1 aromatic heterocycles. The highest BCUT2D eigenvalue weighted by Gasteiger charge is 2.17. The van der Waals surface area contributed by atoms with E-state index in [1.54, 1.807) is 6.07 Å². The third kappa shape index (κ3) is 4.79. The number of halogens is 1. The van der Waals surface area contributed by atoms with Gasteiger partial charge in [0.2, 0.25) is 0 Å². The molecule has 0 aliphatic rings. The van der Waals surface area contributed by atoms with E-state index in [1.807, 2.05) is 6.92 Å². The summed E-state index contributed by atoms with van der Waals surface area (Å²) in [5.41, 5.74) is 0.758. The van der Waals surface area contributed by atoms with Crippen molar-refractivity contribution in [2.45, 2.75) is 23.6 Å². The summed E-state index contributed by atoms with van der Waals surface area (Å²) in [7, 11) is -3.65. The smallest absolute Gasteiger partial charge is 0.271 e. The van der Waals surface area contributed by atoms with Crippen LogP contribution in [0.3, 0.4) is 0 Å². The Hall–Kier alpha value is -1.42. The molecule has 3 N–H and O–H groups in total. The second-order valence-electron chi connectivity index (χ2n) is 5.00. The molecule has 1 atom stereocenters. The zero-order chi connectivity index (χ0) is 17.7. The van der Waals surface area contributed by atoms with E-state index in [0.717, 1.165) is 15.1 Å². The summed E-state index contributed by atoms with van der Waals surface area (Å²) >= 11 is 4.34. The van der Waals surface area contributed by atoms with Gasteiger partial charge in [-0.3, -0.25) is 9.52 Å². The van der Waals surface area contributed by atoms with Crippen LogP contribution in [0.15, 0.2) is 44.4 Å². The van der Waals surface area contributed by atoms with Crippen molar-refractivity contribution >= 4 is 48.9 Å². The van der Waals surface area contributed by atoms with Crippen molar-refractivity contribution in [3.8, 4) is 0 Å². The lowest BCUT2D eigenvalue weighted by Gasteiger charge is -2.14. The molecule has 1 unspecified atom stereocenters. The van der Waals surface area contributed by atoms with E-state index in [1.165, 1.54) is 30.3 Å². The van der Waals surface area contributed by atoms with Gasteiger partial charge in [-0.2, -0.15) is 0 Å². The molecule has 6 nitrogen and oxygen atoms in total. The number of amides is 1. The number of aliphatic hydroxyl groups excluding tert-OH is 1. The Balaban J connectivity index is 2.08. The Morgan fingerprint density at radius 3 is 2.42 bits per heavy atom. The quantitative estimate of drug-likeness (QED) is 0.626. The molecule has 0 aliphatic heterocycles. The Kier molecular flexibility index (Phi) is 6.39. The van der Waals surface area contributed by atoms with E-state index in [4.69, 9.17) is 5.11 Å². The van der Waals surface area contributed by atoms with Gasteiger partial charge in [-0.25, -0.2) is 8.42 Å². The van der Waals surface area contributed by atoms with E-state index >= 15 is 0 Å². The van der Waals surface area contributed by atoms with Crippen LogP contribution >= 0.6 is 27.3 Å². The molecule has 0 radical (unpaired) electrons. The second-order valence-corrected chi connectivity index (χ2v) is 9.37. The number of carbonyl (C=O) groups is 1. The topological polar surface area (TPSA) is 95.5 Å². The Bertz CT molecular complexity index is 799. The number of anilines is 1. The van der Waals surface area contributed by atoms with Crippen LogP contribution in [0, 0.1) is 0 Å². The number of sulfonamides is 1. The number of rotatable bonds is 7. The summed E-state index contributed by atoms with van der Waals surface area (Å²) in [6.07, 6.45) is 0.622. The van der Waals surface area contributed by atoms with Crippen molar-refractivity contribution in [3.63, 3.8) is 0 Å². The molecule has 130 valence electrons. The van der Waals surface area contributed by atoms with Crippen LogP contribution in [0.25, 0.3) is 0 Å². The van der Waals surface area contributed by atoms with Gasteiger partial charge in [-0.15, -0.1) is 11.3 Å². The van der Waals surface area contributed by atoms with Crippen LogP contribution < -0.4 is 10.0 Å². The van der Waals surface area contributed by atoms with Crippen LogP contribution in [0.2, 0.25) is 0 Å². The first kappa shape index (κ1) is 18.9. The van der Waals surface area contributed by atoms with Gasteiger partial charge in [0.15, 0.2) is 0 Å². The largest absolute Gasteiger partial charge is 0.394 e. The van der Waals surface area contributed by atoms with Gasteiger partial charge in [-0.05, 0) is 58.7 Å². The van der Waals surface area contributed by atoms with Crippen molar-refractivity contribution in [2.75, 3.05) is 11.3 Å². The van der Waals surface area contributed by atoms with E-state index in [9.17, 15) is 13.2 Å². The minimum Gasteiger partial charge on any atom is -0.394 e. The van der Waals surface area contributed by atoms with E-state index in [0.29, 0.717) is 17.7 Å². The first-order valence-electron chi connectivity index (χ1n) is 7.15. The van der Waals surface area contributed by atoms with Crippen molar-refractivity contribution in [2.24, 2.45) is 0 Å². The minimum absolute atomic E-state index is 0.128. The third-order valence-corrected chi connectivity index (χ3v) is 6.76. The summed E-state index contributed by atoms with van der Waals surface area (Å²) in [4.78, 5) is 12.0. The van der Waals surface area contributed by atoms with Gasteiger partial charge >= 0.3 is 0 Å². The van der Waals surface area contributed by atoms with Gasteiger partial charge in [0, 0.05) is 11.3 Å². The lowest BCUT2D eigenvalue weighted by atomic mass is 10.1. The summed E-state index contributed by atoms with van der Waals surface area (Å²) < 4.78 is 27.8. The fourth-order valence-electron chi connectivity index (χ4n) is 1.88. The van der Waals surface area contributed by atoms with Gasteiger partial charge in [0.1, 0.15) is 4.21 Å². The number of aliphatic hydroxyl groups is 1. The highest BCUT2D eigenvalue weighted by atomic mass is 79.9. The SMILES string of the molecule is CCC(CO)NC(=O)c1ccc(NS(=O)(=O)c2ccc(Br)s2)cc1. The number of benzene rings is 1. The van der Waals surface area contributed by atoms with Crippen LogP contribution in [-0.2, 0) is 10.0 Å². The maximum Gasteiger partial charge on any atom is 0.271 e. The van der Waals surface area contributed by atoms with Gasteiger partial charge in [-0.1, -0.05) is 6.92 Å². The maximum atomic E-state index is 12.2. The van der Waals surface area contributed by atoms with E-state index < -0.39 is 10.0 Å². The van der Waals surface area contributed by atoms with Gasteiger partial charge in [0.05, 0.1) is 16.4 Å². The van der Waals surface area contributed by atoms with Crippen molar-refractivity contribution < 1.29 is 18.3 Å². The lowest BCUT2D eigenvalue weighted by Crippen LogP contribution is -2.36. The summed E-state index contributed by atoms with van der Waals surface area (Å²) in [6.45, 7) is 1.73. The van der Waals surface area contributed by atoms with Crippen molar-refractivity contribution in [3.05, 3.63) is 45.7 Å². The molecule has 0 bridgehead atoms. The molecule has 1 aromatic carbocycles. The van der Waals surface area contributed by atoms with Gasteiger partial charge < -0.3 is 10.4 Å². The highest BCUT2D eigenvalue weighted by Crippen LogP contribution is 2.27. The molecule has 0 saturated carbocycles. The molecule has 9 heteroatoms. The first-order chi connectivity index (χ1) is 11.4. The maximum absolute atomic E-state index is 12.2. The summed E-state index contributed by atoms with van der Waals surface area (Å²) in [6, 6.07) is 8.98. The summed E-state index contributed by atoms with van der Waals surface area (Å²) in [5, 5.41) is 11.8. The number of nitrogens with one attached hydrogen (secondary N) is 2.